The number of benzene rings is 1. The summed E-state index contributed by atoms with van der Waals surface area (Å²) in [6, 6.07) is 7.13. The summed E-state index contributed by atoms with van der Waals surface area (Å²) in [5.41, 5.74) is 1.64. The summed E-state index contributed by atoms with van der Waals surface area (Å²) < 4.78 is 4.70. The van der Waals surface area contributed by atoms with E-state index in [2.05, 4.69) is 0 Å². The van der Waals surface area contributed by atoms with Crippen molar-refractivity contribution in [3.63, 3.8) is 0 Å². The number of Topliss-reactive ketones (excluding diaryl/α,β-unsaturated/α-hetero) is 1. The Morgan fingerprint density at radius 3 is 2.18 bits per heavy atom. The Kier molecular flexibility index (Phi) is 7.63. The number of aryl methyl sites for hydroxylation is 1. The molecule has 94 valence electrons. The van der Waals surface area contributed by atoms with E-state index >= 15 is 0 Å². The van der Waals surface area contributed by atoms with Crippen molar-refractivity contribution in [2.75, 3.05) is 13.7 Å². The first-order chi connectivity index (χ1) is 8.13. The topological polar surface area (TPSA) is 63.6 Å². The fraction of sp³-hybridized carbons (Fsp3) is 0.385. The molecule has 1 aromatic carbocycles. The van der Waals surface area contributed by atoms with Gasteiger partial charge in [-0.25, -0.2) is 0 Å². The average molecular weight is 238 g/mol. The number of ether oxygens (including phenoxy) is 1. The molecule has 1 rings (SSSR count). The van der Waals surface area contributed by atoms with Crippen LogP contribution in [-0.2, 0) is 9.53 Å². The molecule has 0 unspecified atom stereocenters. The van der Waals surface area contributed by atoms with Gasteiger partial charge in [-0.05, 0) is 13.8 Å². The molecule has 0 saturated heterocycles. The number of hydrogen-bond donors (Lipinski definition) is 1. The largest absolute Gasteiger partial charge is 0.466 e. The molecular weight excluding hydrogens is 220 g/mol. The van der Waals surface area contributed by atoms with E-state index in [1.165, 1.54) is 0 Å². The van der Waals surface area contributed by atoms with Gasteiger partial charge in [0.2, 0.25) is 0 Å². The minimum atomic E-state index is -0.469. The summed E-state index contributed by atoms with van der Waals surface area (Å²) in [5, 5.41) is 7.00. The molecule has 4 heteroatoms. The summed E-state index contributed by atoms with van der Waals surface area (Å²) in [7, 11) is 1.00. The van der Waals surface area contributed by atoms with Crippen LogP contribution in [-0.4, -0.2) is 30.6 Å². The average Bonchev–Trinajstić information content (AvgIpc) is 2.32. The molecule has 0 heterocycles. The van der Waals surface area contributed by atoms with E-state index in [1.807, 2.05) is 19.1 Å². The molecule has 0 aliphatic rings. The first-order valence-electron chi connectivity index (χ1n) is 5.33. The van der Waals surface area contributed by atoms with Gasteiger partial charge in [0.25, 0.3) is 0 Å². The summed E-state index contributed by atoms with van der Waals surface area (Å²) in [4.78, 5) is 22.6. The Bertz CT molecular complexity index is 354. The fourth-order valence-corrected chi connectivity index (χ4v) is 1.18. The SMILES string of the molecule is CCOC(=O)CC(=O)c1ccc(C)cc1.CO. The van der Waals surface area contributed by atoms with Gasteiger partial charge in [-0.2, -0.15) is 0 Å². The summed E-state index contributed by atoms with van der Waals surface area (Å²) >= 11 is 0. The quantitative estimate of drug-likeness (QED) is 0.493. The van der Waals surface area contributed by atoms with Crippen LogP contribution in [0.2, 0.25) is 0 Å². The fourth-order valence-electron chi connectivity index (χ4n) is 1.18. The van der Waals surface area contributed by atoms with Gasteiger partial charge < -0.3 is 9.84 Å². The van der Waals surface area contributed by atoms with Crippen molar-refractivity contribution < 1.29 is 19.4 Å². The monoisotopic (exact) mass is 238 g/mol. The molecule has 0 aliphatic carbocycles. The van der Waals surface area contributed by atoms with E-state index in [-0.39, 0.29) is 12.2 Å². The third-order valence-electron chi connectivity index (χ3n) is 1.98. The Hall–Kier alpha value is -1.68. The van der Waals surface area contributed by atoms with Gasteiger partial charge in [0.05, 0.1) is 6.61 Å². The van der Waals surface area contributed by atoms with Gasteiger partial charge in [-0.1, -0.05) is 29.8 Å². The normalized spacial score (nSPS) is 8.94. The molecule has 0 aliphatic heterocycles. The van der Waals surface area contributed by atoms with Crippen LogP contribution in [0.3, 0.4) is 0 Å². The van der Waals surface area contributed by atoms with E-state index in [4.69, 9.17) is 9.84 Å². The Balaban J connectivity index is 0.00000121. The van der Waals surface area contributed by atoms with Gasteiger partial charge >= 0.3 is 5.97 Å². The molecule has 1 N–H and O–H groups in total. The van der Waals surface area contributed by atoms with Gasteiger partial charge in [0, 0.05) is 12.7 Å². The zero-order valence-corrected chi connectivity index (χ0v) is 10.4. The van der Waals surface area contributed by atoms with Crippen molar-refractivity contribution in [3.8, 4) is 0 Å². The van der Waals surface area contributed by atoms with Gasteiger partial charge in [-0.15, -0.1) is 0 Å². The number of aliphatic hydroxyl groups is 1. The number of carbonyl (C=O) groups excluding carboxylic acids is 2. The third kappa shape index (κ3) is 5.82. The zero-order valence-electron chi connectivity index (χ0n) is 10.4. The molecule has 0 saturated carbocycles. The first-order valence-corrected chi connectivity index (χ1v) is 5.33. The Morgan fingerprint density at radius 2 is 1.71 bits per heavy atom. The van der Waals surface area contributed by atoms with Crippen LogP contribution in [0.1, 0.15) is 29.3 Å². The maximum absolute atomic E-state index is 11.5. The van der Waals surface area contributed by atoms with E-state index < -0.39 is 5.97 Å². The molecule has 0 spiro atoms. The predicted molar refractivity (Wildman–Crippen MR) is 64.9 cm³/mol. The molecule has 17 heavy (non-hydrogen) atoms. The minimum Gasteiger partial charge on any atom is -0.466 e. The minimum absolute atomic E-state index is 0.184. The highest BCUT2D eigenvalue weighted by molar-refractivity contribution is 6.05. The van der Waals surface area contributed by atoms with Crippen LogP contribution in [0.25, 0.3) is 0 Å². The highest BCUT2D eigenvalue weighted by atomic mass is 16.5. The van der Waals surface area contributed by atoms with Crippen molar-refractivity contribution in [3.05, 3.63) is 35.4 Å². The maximum atomic E-state index is 11.5. The van der Waals surface area contributed by atoms with E-state index in [0.717, 1.165) is 12.7 Å². The predicted octanol–water partition coefficient (Wildman–Crippen LogP) is 1.74. The summed E-state index contributed by atoms with van der Waals surface area (Å²) in [6.45, 7) is 3.97. The van der Waals surface area contributed by atoms with Crippen molar-refractivity contribution in [1.29, 1.82) is 0 Å². The number of ketones is 1. The standard InChI is InChI=1S/C12H14O3.CH4O/c1-3-15-12(14)8-11(13)10-6-4-9(2)5-7-10;1-2/h4-7H,3,8H2,1-2H3;2H,1H3. The Morgan fingerprint density at radius 1 is 1.18 bits per heavy atom. The summed E-state index contributed by atoms with van der Waals surface area (Å²) in [6.07, 6.45) is -0.184. The van der Waals surface area contributed by atoms with Crippen molar-refractivity contribution in [2.45, 2.75) is 20.3 Å². The first kappa shape index (κ1) is 15.3. The van der Waals surface area contributed by atoms with Gasteiger partial charge in [-0.3, -0.25) is 9.59 Å². The zero-order chi connectivity index (χ0) is 13.3. The van der Waals surface area contributed by atoms with Crippen LogP contribution in [0.4, 0.5) is 0 Å². The Labute approximate surface area is 101 Å². The molecule has 0 atom stereocenters. The lowest BCUT2D eigenvalue weighted by Gasteiger charge is -2.01. The van der Waals surface area contributed by atoms with E-state index in [0.29, 0.717) is 12.2 Å². The van der Waals surface area contributed by atoms with Crippen LogP contribution in [0, 0.1) is 6.92 Å². The molecule has 0 radical (unpaired) electrons. The maximum Gasteiger partial charge on any atom is 0.313 e. The molecule has 0 bridgehead atoms. The van der Waals surface area contributed by atoms with Gasteiger partial charge in [0.1, 0.15) is 6.42 Å². The van der Waals surface area contributed by atoms with Crippen molar-refractivity contribution in [2.24, 2.45) is 0 Å². The number of aliphatic hydroxyl groups excluding tert-OH is 1. The second kappa shape index (κ2) is 8.47. The van der Waals surface area contributed by atoms with Crippen molar-refractivity contribution >= 4 is 11.8 Å². The van der Waals surface area contributed by atoms with Gasteiger partial charge in [0.15, 0.2) is 5.78 Å². The number of carbonyl (C=O) groups is 2. The van der Waals surface area contributed by atoms with Crippen LogP contribution >= 0.6 is 0 Å². The smallest absolute Gasteiger partial charge is 0.313 e. The highest BCUT2D eigenvalue weighted by Gasteiger charge is 2.11. The van der Waals surface area contributed by atoms with E-state index in [1.54, 1.807) is 19.1 Å². The van der Waals surface area contributed by atoms with Crippen LogP contribution in [0.15, 0.2) is 24.3 Å². The summed E-state index contributed by atoms with van der Waals surface area (Å²) in [5.74, 6) is -0.670. The second-order valence-corrected chi connectivity index (χ2v) is 3.27. The molecule has 1 aromatic rings. The van der Waals surface area contributed by atoms with Crippen LogP contribution < -0.4 is 0 Å². The van der Waals surface area contributed by atoms with Crippen molar-refractivity contribution in [1.82, 2.24) is 0 Å². The lowest BCUT2D eigenvalue weighted by molar-refractivity contribution is -0.141. The number of hydrogen-bond acceptors (Lipinski definition) is 4. The molecular formula is C13H18O4. The van der Waals surface area contributed by atoms with Crippen LogP contribution in [0.5, 0.6) is 0 Å². The third-order valence-corrected chi connectivity index (χ3v) is 1.98. The second-order valence-electron chi connectivity index (χ2n) is 3.27. The molecule has 0 aromatic heterocycles. The number of esters is 1. The molecule has 0 fully saturated rings. The lowest BCUT2D eigenvalue weighted by atomic mass is 10.1. The molecule has 0 amide bonds. The lowest BCUT2D eigenvalue weighted by Crippen LogP contribution is -2.11. The number of rotatable bonds is 4. The molecule has 4 nitrogen and oxygen atoms in total. The van der Waals surface area contributed by atoms with E-state index in [9.17, 15) is 9.59 Å². The highest BCUT2D eigenvalue weighted by Crippen LogP contribution is 2.06.